The van der Waals surface area contributed by atoms with Gasteiger partial charge < -0.3 is 0 Å². The Bertz CT molecular complexity index is 128. The van der Waals surface area contributed by atoms with Gasteiger partial charge in [-0.3, -0.25) is 0 Å². The van der Waals surface area contributed by atoms with Crippen LogP contribution in [-0.4, -0.2) is 0 Å². The third-order valence-corrected chi connectivity index (χ3v) is 3.51. The van der Waals surface area contributed by atoms with Crippen LogP contribution in [0.1, 0.15) is 97.8 Å². The Morgan fingerprint density at radius 2 is 1.24 bits per heavy atom. The second-order valence-electron chi connectivity index (χ2n) is 5.47. The summed E-state index contributed by atoms with van der Waals surface area (Å²) < 4.78 is 0. The summed E-state index contributed by atoms with van der Waals surface area (Å²) in [4.78, 5) is 0. The van der Waals surface area contributed by atoms with Crippen LogP contribution in [0.5, 0.6) is 0 Å². The Labute approximate surface area is 111 Å². The molecule has 1 unspecified atom stereocenters. The van der Waals surface area contributed by atoms with E-state index in [-0.39, 0.29) is 0 Å². The average molecular weight is 238 g/mol. The molecule has 0 saturated carbocycles. The molecule has 2 radical (unpaired) electrons. The van der Waals surface area contributed by atoms with Crippen LogP contribution in [0, 0.1) is 12.3 Å². The van der Waals surface area contributed by atoms with Gasteiger partial charge >= 0.3 is 0 Å². The van der Waals surface area contributed by atoms with Gasteiger partial charge in [0.15, 0.2) is 0 Å². The van der Waals surface area contributed by atoms with Gasteiger partial charge in [-0.05, 0) is 18.8 Å². The maximum absolute atomic E-state index is 3.63. The van der Waals surface area contributed by atoms with Gasteiger partial charge in [-0.1, -0.05) is 91.4 Å². The van der Waals surface area contributed by atoms with Crippen molar-refractivity contribution in [2.24, 2.45) is 5.92 Å². The summed E-state index contributed by atoms with van der Waals surface area (Å²) in [5, 5.41) is 0. The van der Waals surface area contributed by atoms with Gasteiger partial charge in [0.1, 0.15) is 0 Å². The average Bonchev–Trinajstić information content (AvgIpc) is 2.34. The molecule has 0 aliphatic rings. The maximum Gasteiger partial charge on any atom is -0.0143 e. The zero-order valence-corrected chi connectivity index (χ0v) is 12.6. The summed E-state index contributed by atoms with van der Waals surface area (Å²) in [6.45, 7) is 6.87. The van der Waals surface area contributed by atoms with E-state index in [0.29, 0.717) is 0 Å². The first kappa shape index (κ1) is 17.0. The highest BCUT2D eigenvalue weighted by molar-refractivity contribution is 4.72. The summed E-state index contributed by atoms with van der Waals surface area (Å²) in [6.07, 6.45) is 20.2. The van der Waals surface area contributed by atoms with Crippen LogP contribution in [-0.2, 0) is 0 Å². The van der Waals surface area contributed by atoms with Crippen molar-refractivity contribution in [3.05, 3.63) is 6.42 Å². The van der Waals surface area contributed by atoms with Crippen molar-refractivity contribution in [2.45, 2.75) is 97.8 Å². The normalized spacial score (nSPS) is 12.9. The summed E-state index contributed by atoms with van der Waals surface area (Å²) in [5.41, 5.74) is 0. The van der Waals surface area contributed by atoms with Crippen LogP contribution >= 0.6 is 0 Å². The predicted octanol–water partition coefficient (Wildman–Crippen LogP) is 6.42. The molecule has 0 heterocycles. The highest BCUT2D eigenvalue weighted by atomic mass is 14.1. The fraction of sp³-hybridized carbons (Fsp3) is 0.941. The highest BCUT2D eigenvalue weighted by Crippen LogP contribution is 2.16. The minimum atomic E-state index is 0.722. The summed E-state index contributed by atoms with van der Waals surface area (Å²) in [7, 11) is 0. The summed E-state index contributed by atoms with van der Waals surface area (Å²) in [6, 6.07) is 0. The molecule has 0 N–H and O–H groups in total. The van der Waals surface area contributed by atoms with E-state index in [0.717, 1.165) is 5.92 Å². The smallest absolute Gasteiger partial charge is 0.0143 e. The number of unbranched alkanes of at least 4 members (excludes halogenated alkanes) is 9. The monoisotopic (exact) mass is 238 g/mol. The van der Waals surface area contributed by atoms with E-state index in [1.807, 2.05) is 0 Å². The number of rotatable bonds is 13. The number of hydrogen-bond acceptors (Lipinski definition) is 0. The molecule has 0 aromatic carbocycles. The van der Waals surface area contributed by atoms with E-state index in [9.17, 15) is 0 Å². The molecule has 0 aromatic rings. The lowest BCUT2D eigenvalue weighted by Crippen LogP contribution is -1.95. The molecule has 0 heteroatoms. The van der Waals surface area contributed by atoms with Gasteiger partial charge in [0.2, 0.25) is 0 Å². The van der Waals surface area contributed by atoms with Gasteiger partial charge in [0, 0.05) is 0 Å². The maximum atomic E-state index is 3.63. The molecule has 0 fully saturated rings. The third kappa shape index (κ3) is 13.9. The predicted molar refractivity (Wildman–Crippen MR) is 79.2 cm³/mol. The van der Waals surface area contributed by atoms with Crippen LogP contribution in [0.2, 0.25) is 0 Å². The molecule has 0 saturated heterocycles. The van der Waals surface area contributed by atoms with Crippen molar-refractivity contribution < 1.29 is 0 Å². The number of hydrogen-bond donors (Lipinski definition) is 0. The lowest BCUT2D eigenvalue weighted by molar-refractivity contribution is 0.525. The van der Waals surface area contributed by atoms with E-state index in [1.54, 1.807) is 0 Å². The molecule has 17 heavy (non-hydrogen) atoms. The summed E-state index contributed by atoms with van der Waals surface area (Å²) >= 11 is 0. The molecule has 0 nitrogen and oxygen atoms in total. The van der Waals surface area contributed by atoms with E-state index >= 15 is 0 Å². The SMILES string of the molecule is CCCCCCCCCC[C]C(C)CCCC. The lowest BCUT2D eigenvalue weighted by atomic mass is 9.97. The molecule has 0 aliphatic heterocycles. The zero-order chi connectivity index (χ0) is 12.8. The van der Waals surface area contributed by atoms with Crippen LogP contribution in [0.3, 0.4) is 0 Å². The molecule has 0 bridgehead atoms. The van der Waals surface area contributed by atoms with Crippen molar-refractivity contribution in [1.82, 2.24) is 0 Å². The van der Waals surface area contributed by atoms with Crippen LogP contribution in [0.25, 0.3) is 0 Å². The Hall–Kier alpha value is 0. The summed E-state index contributed by atoms with van der Waals surface area (Å²) in [5.74, 6) is 0.722. The van der Waals surface area contributed by atoms with Gasteiger partial charge in [-0.25, -0.2) is 0 Å². The highest BCUT2D eigenvalue weighted by Gasteiger charge is 2.01. The van der Waals surface area contributed by atoms with Crippen molar-refractivity contribution in [3.63, 3.8) is 0 Å². The van der Waals surface area contributed by atoms with Crippen LogP contribution < -0.4 is 0 Å². The van der Waals surface area contributed by atoms with Gasteiger partial charge in [-0.15, -0.1) is 0 Å². The van der Waals surface area contributed by atoms with Crippen LogP contribution in [0.15, 0.2) is 0 Å². The molecule has 102 valence electrons. The Morgan fingerprint density at radius 3 is 1.82 bits per heavy atom. The molecule has 0 aromatic heterocycles. The Kier molecular flexibility index (Phi) is 14.1. The quantitative estimate of drug-likeness (QED) is 0.325. The van der Waals surface area contributed by atoms with Crippen molar-refractivity contribution in [1.29, 1.82) is 0 Å². The fourth-order valence-electron chi connectivity index (χ4n) is 2.22. The first-order valence-corrected chi connectivity index (χ1v) is 8.04. The second-order valence-corrected chi connectivity index (χ2v) is 5.47. The van der Waals surface area contributed by atoms with E-state index in [1.165, 1.54) is 77.0 Å². The van der Waals surface area contributed by atoms with Gasteiger partial charge in [0.05, 0.1) is 0 Å². The van der Waals surface area contributed by atoms with E-state index < -0.39 is 0 Å². The first-order chi connectivity index (χ1) is 8.31. The molecule has 0 rings (SSSR count). The minimum Gasteiger partial charge on any atom is -0.0654 e. The molecule has 0 spiro atoms. The Balaban J connectivity index is 3.02. The minimum absolute atomic E-state index is 0.722. The van der Waals surface area contributed by atoms with Crippen molar-refractivity contribution in [3.8, 4) is 0 Å². The zero-order valence-electron chi connectivity index (χ0n) is 12.6. The van der Waals surface area contributed by atoms with E-state index in [2.05, 4.69) is 27.2 Å². The lowest BCUT2D eigenvalue weighted by Gasteiger charge is -2.09. The molecular formula is C17H34. The molecular weight excluding hydrogens is 204 g/mol. The van der Waals surface area contributed by atoms with Crippen molar-refractivity contribution >= 4 is 0 Å². The molecule has 1 atom stereocenters. The fourth-order valence-corrected chi connectivity index (χ4v) is 2.22. The topological polar surface area (TPSA) is 0 Å². The third-order valence-electron chi connectivity index (χ3n) is 3.51. The van der Waals surface area contributed by atoms with Crippen molar-refractivity contribution in [2.75, 3.05) is 0 Å². The molecule has 0 aliphatic carbocycles. The molecule has 0 amide bonds. The largest absolute Gasteiger partial charge is 0.0654 e. The van der Waals surface area contributed by atoms with Crippen LogP contribution in [0.4, 0.5) is 0 Å². The standard InChI is InChI=1S/C17H34/c1-4-6-8-9-10-11-12-13-14-16-17(3)15-7-5-2/h17H,4-15H2,1-3H3. The van der Waals surface area contributed by atoms with E-state index in [4.69, 9.17) is 0 Å². The first-order valence-electron chi connectivity index (χ1n) is 8.04. The van der Waals surface area contributed by atoms with Gasteiger partial charge in [-0.2, -0.15) is 0 Å². The van der Waals surface area contributed by atoms with Gasteiger partial charge in [0.25, 0.3) is 0 Å². The Morgan fingerprint density at radius 1 is 0.706 bits per heavy atom. The second kappa shape index (κ2) is 14.1.